The van der Waals surface area contributed by atoms with E-state index in [1.54, 1.807) is 0 Å². The lowest BCUT2D eigenvalue weighted by atomic mass is 9.93. The quantitative estimate of drug-likeness (QED) is 0.558. The van der Waals surface area contributed by atoms with Crippen LogP contribution in [-0.2, 0) is 4.74 Å². The topological polar surface area (TPSA) is 82.6 Å². The maximum atomic E-state index is 10.5. The number of nitrogens with zero attached hydrogens (tertiary/aromatic N) is 1. The van der Waals surface area contributed by atoms with E-state index in [1.807, 2.05) is 36.2 Å². The number of nitrogens with two attached hydrogens (primary N) is 1. The number of para-hydroxylation sites is 1. The fourth-order valence-electron chi connectivity index (χ4n) is 2.47. The molecule has 1 aliphatic heterocycles. The van der Waals surface area contributed by atoms with E-state index in [0.717, 1.165) is 5.69 Å². The minimum atomic E-state index is -0.725. The van der Waals surface area contributed by atoms with Crippen LogP contribution in [0.3, 0.4) is 0 Å². The van der Waals surface area contributed by atoms with Gasteiger partial charge in [-0.1, -0.05) is 12.1 Å². The van der Waals surface area contributed by atoms with Crippen LogP contribution in [0.25, 0.3) is 0 Å². The third-order valence-corrected chi connectivity index (χ3v) is 3.56. The molecule has 1 aromatic carbocycles. The molecule has 4 N–H and O–H groups in total. The molecular formula is C14H21N3O2. The highest BCUT2D eigenvalue weighted by atomic mass is 16.5. The Bertz CT molecular complexity index is 456. The average Bonchev–Trinajstić information content (AvgIpc) is 2.39. The number of nitrogen functional groups attached to an aromatic ring is 1. The summed E-state index contributed by atoms with van der Waals surface area (Å²) in [6, 6.07) is 7.51. The van der Waals surface area contributed by atoms with Gasteiger partial charge < -0.3 is 20.5 Å². The molecule has 1 aromatic rings. The molecule has 5 heteroatoms. The van der Waals surface area contributed by atoms with Gasteiger partial charge in [0.05, 0.1) is 5.60 Å². The lowest BCUT2D eigenvalue weighted by molar-refractivity contribution is -0.0572. The molecule has 19 heavy (non-hydrogen) atoms. The summed E-state index contributed by atoms with van der Waals surface area (Å²) in [7, 11) is 1.91. The molecule has 0 radical (unpaired) electrons. The summed E-state index contributed by atoms with van der Waals surface area (Å²) >= 11 is 0. The number of benzene rings is 1. The van der Waals surface area contributed by atoms with Crippen molar-refractivity contribution >= 4 is 11.5 Å². The van der Waals surface area contributed by atoms with E-state index in [9.17, 15) is 5.11 Å². The second kappa shape index (κ2) is 5.59. The molecule has 0 spiro atoms. The molecule has 2 rings (SSSR count). The lowest BCUT2D eigenvalue weighted by Gasteiger charge is -2.36. The molecule has 1 aliphatic rings. The fourth-order valence-corrected chi connectivity index (χ4v) is 2.47. The van der Waals surface area contributed by atoms with E-state index in [0.29, 0.717) is 38.2 Å². The van der Waals surface area contributed by atoms with Crippen LogP contribution in [-0.4, -0.2) is 43.3 Å². The van der Waals surface area contributed by atoms with Gasteiger partial charge in [-0.15, -0.1) is 0 Å². The standard InChI is InChI=1S/C14H21N3O2/c1-17(10-14(18)6-8-19-9-7-14)12-5-3-2-4-11(12)13(15)16/h2-5,18H,6-10H2,1H3,(H3,15,16). The summed E-state index contributed by atoms with van der Waals surface area (Å²) < 4.78 is 5.28. The van der Waals surface area contributed by atoms with Crippen LogP contribution in [0.2, 0.25) is 0 Å². The van der Waals surface area contributed by atoms with Crippen LogP contribution < -0.4 is 10.6 Å². The van der Waals surface area contributed by atoms with Gasteiger partial charge in [-0.05, 0) is 12.1 Å². The zero-order valence-corrected chi connectivity index (χ0v) is 11.2. The zero-order valence-electron chi connectivity index (χ0n) is 11.2. The minimum Gasteiger partial charge on any atom is -0.388 e. The van der Waals surface area contributed by atoms with Crippen LogP contribution in [0.4, 0.5) is 5.69 Å². The van der Waals surface area contributed by atoms with E-state index < -0.39 is 5.60 Å². The lowest BCUT2D eigenvalue weighted by Crippen LogP contribution is -2.46. The number of nitrogens with one attached hydrogen (secondary N) is 1. The largest absolute Gasteiger partial charge is 0.388 e. The average molecular weight is 263 g/mol. The van der Waals surface area contributed by atoms with Crippen molar-refractivity contribution in [1.82, 2.24) is 0 Å². The molecule has 0 unspecified atom stereocenters. The van der Waals surface area contributed by atoms with Crippen molar-refractivity contribution < 1.29 is 9.84 Å². The molecule has 0 amide bonds. The summed E-state index contributed by atoms with van der Waals surface area (Å²) in [6.07, 6.45) is 1.28. The number of likely N-dealkylation sites (N-methyl/N-ethyl adjacent to an activating group) is 1. The van der Waals surface area contributed by atoms with Crippen molar-refractivity contribution in [3.05, 3.63) is 29.8 Å². The number of ether oxygens (including phenoxy) is 1. The Hall–Kier alpha value is -1.59. The van der Waals surface area contributed by atoms with Crippen molar-refractivity contribution in [3.8, 4) is 0 Å². The van der Waals surface area contributed by atoms with Crippen molar-refractivity contribution in [1.29, 1.82) is 5.41 Å². The Morgan fingerprint density at radius 1 is 1.42 bits per heavy atom. The molecule has 0 atom stereocenters. The van der Waals surface area contributed by atoms with Crippen molar-refractivity contribution in [2.45, 2.75) is 18.4 Å². The summed E-state index contributed by atoms with van der Waals surface area (Å²) in [5.74, 6) is 0.0430. The van der Waals surface area contributed by atoms with E-state index in [-0.39, 0.29) is 5.84 Å². The van der Waals surface area contributed by atoms with Gasteiger partial charge in [-0.2, -0.15) is 0 Å². The second-order valence-corrected chi connectivity index (χ2v) is 5.12. The Morgan fingerprint density at radius 2 is 2.05 bits per heavy atom. The Kier molecular flexibility index (Phi) is 4.07. The molecule has 1 saturated heterocycles. The van der Waals surface area contributed by atoms with Gasteiger partial charge in [-0.3, -0.25) is 5.41 Å². The first-order valence-corrected chi connectivity index (χ1v) is 6.46. The fraction of sp³-hybridized carbons (Fsp3) is 0.500. The first-order valence-electron chi connectivity index (χ1n) is 6.46. The van der Waals surface area contributed by atoms with Gasteiger partial charge in [0.15, 0.2) is 0 Å². The third-order valence-electron chi connectivity index (χ3n) is 3.56. The number of hydrogen-bond donors (Lipinski definition) is 3. The summed E-state index contributed by atoms with van der Waals surface area (Å²) in [5, 5.41) is 18.1. The molecule has 0 bridgehead atoms. The van der Waals surface area contributed by atoms with E-state index in [2.05, 4.69) is 0 Å². The molecule has 104 valence electrons. The van der Waals surface area contributed by atoms with Gasteiger partial charge >= 0.3 is 0 Å². The smallest absolute Gasteiger partial charge is 0.124 e. The van der Waals surface area contributed by atoms with Crippen LogP contribution in [0.5, 0.6) is 0 Å². The summed E-state index contributed by atoms with van der Waals surface area (Å²) in [5.41, 5.74) is 6.43. The monoisotopic (exact) mass is 263 g/mol. The van der Waals surface area contributed by atoms with Gasteiger partial charge in [0.2, 0.25) is 0 Å². The molecule has 5 nitrogen and oxygen atoms in total. The third kappa shape index (κ3) is 3.24. The predicted molar refractivity (Wildman–Crippen MR) is 75.7 cm³/mol. The van der Waals surface area contributed by atoms with Crippen LogP contribution in [0.15, 0.2) is 24.3 Å². The molecule has 1 heterocycles. The number of rotatable bonds is 4. The normalized spacial score (nSPS) is 18.0. The first kappa shape index (κ1) is 13.8. The van der Waals surface area contributed by atoms with Crippen molar-refractivity contribution in [2.75, 3.05) is 31.7 Å². The highest BCUT2D eigenvalue weighted by molar-refractivity contribution is 6.00. The molecular weight excluding hydrogens is 242 g/mol. The number of aliphatic hydroxyl groups is 1. The molecule has 0 aromatic heterocycles. The highest BCUT2D eigenvalue weighted by Gasteiger charge is 2.31. The van der Waals surface area contributed by atoms with Crippen LogP contribution in [0.1, 0.15) is 18.4 Å². The van der Waals surface area contributed by atoms with E-state index >= 15 is 0 Å². The Balaban J connectivity index is 2.15. The minimum absolute atomic E-state index is 0.0430. The molecule has 1 fully saturated rings. The van der Waals surface area contributed by atoms with E-state index in [4.69, 9.17) is 15.9 Å². The first-order chi connectivity index (χ1) is 9.02. The summed E-state index contributed by atoms with van der Waals surface area (Å²) in [6.45, 7) is 1.71. The molecule has 0 aliphatic carbocycles. The Labute approximate surface area is 113 Å². The highest BCUT2D eigenvalue weighted by Crippen LogP contribution is 2.25. The maximum Gasteiger partial charge on any atom is 0.124 e. The predicted octanol–water partition coefficient (Wildman–Crippen LogP) is 0.948. The van der Waals surface area contributed by atoms with Gasteiger partial charge in [0, 0.05) is 50.9 Å². The number of hydrogen-bond acceptors (Lipinski definition) is 4. The zero-order chi connectivity index (χ0) is 13.9. The van der Waals surface area contributed by atoms with Crippen molar-refractivity contribution in [3.63, 3.8) is 0 Å². The number of anilines is 1. The Morgan fingerprint density at radius 3 is 2.68 bits per heavy atom. The van der Waals surface area contributed by atoms with Gasteiger partial charge in [-0.25, -0.2) is 0 Å². The summed E-state index contributed by atoms with van der Waals surface area (Å²) in [4.78, 5) is 1.96. The van der Waals surface area contributed by atoms with E-state index in [1.165, 1.54) is 0 Å². The van der Waals surface area contributed by atoms with Gasteiger partial charge in [0.25, 0.3) is 0 Å². The van der Waals surface area contributed by atoms with Crippen LogP contribution >= 0.6 is 0 Å². The maximum absolute atomic E-state index is 10.5. The van der Waals surface area contributed by atoms with Crippen LogP contribution in [0, 0.1) is 5.41 Å². The number of amidine groups is 1. The molecule has 0 saturated carbocycles. The second-order valence-electron chi connectivity index (χ2n) is 5.12. The SMILES string of the molecule is CN(CC1(O)CCOCC1)c1ccccc1C(=N)N. The van der Waals surface area contributed by atoms with Gasteiger partial charge in [0.1, 0.15) is 5.84 Å². The van der Waals surface area contributed by atoms with Crippen molar-refractivity contribution in [2.24, 2.45) is 5.73 Å².